The van der Waals surface area contributed by atoms with Gasteiger partial charge in [-0.15, -0.1) is 0 Å². The predicted octanol–water partition coefficient (Wildman–Crippen LogP) is -0.0737. The lowest BCUT2D eigenvalue weighted by Crippen LogP contribution is -2.23. The zero-order valence-electron chi connectivity index (χ0n) is 15.8. The average Bonchev–Trinajstić information content (AvgIpc) is 3.08. The minimum atomic E-state index is -0.298. The second kappa shape index (κ2) is 7.70. The van der Waals surface area contributed by atoms with Crippen LogP contribution in [0.2, 0.25) is 0 Å². The van der Waals surface area contributed by atoms with Crippen LogP contribution in [0.4, 0.5) is 0 Å². The number of nitrogens with one attached hydrogen (secondary N) is 2. The standard InChI is InChI=1S/C20H23N5O4/c21-5-6-23-11-1-2-12-16-15(11)20(29)18-14(28)4-3-13(27)17(18)19(16)24-25(12)9-7-22-8-10-26/h1-4,22,24,26,28-29H,5-10,21H2. The highest BCUT2D eigenvalue weighted by molar-refractivity contribution is 6.23. The number of aromatic nitrogens is 2. The zero-order valence-corrected chi connectivity index (χ0v) is 15.8. The summed E-state index contributed by atoms with van der Waals surface area (Å²) in [4.78, 5) is 17.1. The number of H-pyrrole nitrogens is 1. The number of hydrogen-bond donors (Lipinski definition) is 6. The Balaban J connectivity index is 2.10. The van der Waals surface area contributed by atoms with Gasteiger partial charge in [0.2, 0.25) is 0 Å². The number of hydrogen-bond acceptors (Lipinski definition) is 7. The van der Waals surface area contributed by atoms with Crippen LogP contribution in [0.25, 0.3) is 32.6 Å². The Morgan fingerprint density at radius 1 is 1.07 bits per heavy atom. The molecule has 0 aliphatic heterocycles. The second-order valence-electron chi connectivity index (χ2n) is 6.82. The van der Waals surface area contributed by atoms with Crippen LogP contribution in [-0.2, 0) is 6.54 Å². The summed E-state index contributed by atoms with van der Waals surface area (Å²) in [5, 5.41) is 38.7. The summed E-state index contributed by atoms with van der Waals surface area (Å²) in [6.07, 6.45) is 0. The molecule has 3 aromatic carbocycles. The van der Waals surface area contributed by atoms with Crippen LogP contribution in [0.15, 0.2) is 34.1 Å². The number of aromatic hydroxyl groups is 2. The highest BCUT2D eigenvalue weighted by atomic mass is 16.3. The molecule has 0 spiro atoms. The first-order valence-electron chi connectivity index (χ1n) is 9.46. The first kappa shape index (κ1) is 19.2. The van der Waals surface area contributed by atoms with Crippen LogP contribution in [0.5, 0.6) is 11.5 Å². The molecule has 9 heteroatoms. The molecular formula is C20H23N5O4. The van der Waals surface area contributed by atoms with Crippen molar-refractivity contribution in [3.63, 3.8) is 0 Å². The summed E-state index contributed by atoms with van der Waals surface area (Å²) in [5.74, 6) is -0.344. The maximum absolute atomic E-state index is 12.6. The van der Waals surface area contributed by atoms with Gasteiger partial charge in [0.1, 0.15) is 11.5 Å². The third-order valence-electron chi connectivity index (χ3n) is 5.03. The molecule has 7 N–H and O–H groups in total. The monoisotopic (exact) mass is 397 g/mol. The van der Waals surface area contributed by atoms with Gasteiger partial charge in [0.25, 0.3) is 0 Å². The van der Waals surface area contributed by atoms with Gasteiger partial charge in [-0.25, -0.2) is 0 Å². The van der Waals surface area contributed by atoms with Crippen LogP contribution in [0, 0.1) is 0 Å². The van der Waals surface area contributed by atoms with Crippen molar-refractivity contribution in [2.24, 2.45) is 10.7 Å². The summed E-state index contributed by atoms with van der Waals surface area (Å²) in [5.41, 5.74) is 6.62. The maximum Gasteiger partial charge on any atom is 0.189 e. The Morgan fingerprint density at radius 2 is 1.90 bits per heavy atom. The van der Waals surface area contributed by atoms with E-state index >= 15 is 0 Å². The van der Waals surface area contributed by atoms with Gasteiger partial charge in [-0.2, -0.15) is 0 Å². The quantitative estimate of drug-likeness (QED) is 0.190. The maximum atomic E-state index is 12.6. The normalized spacial score (nSPS) is 12.7. The Labute approximate surface area is 165 Å². The minimum absolute atomic E-state index is 0.0482. The Hall–Kier alpha value is -3.14. The lowest BCUT2D eigenvalue weighted by atomic mass is 9.99. The molecule has 0 saturated carbocycles. The molecule has 0 radical (unpaired) electrons. The van der Waals surface area contributed by atoms with E-state index in [0.717, 1.165) is 5.52 Å². The van der Waals surface area contributed by atoms with Crippen molar-refractivity contribution in [3.8, 4) is 11.5 Å². The largest absolute Gasteiger partial charge is 0.507 e. The van der Waals surface area contributed by atoms with Gasteiger partial charge in [-0.3, -0.25) is 19.6 Å². The van der Waals surface area contributed by atoms with Gasteiger partial charge < -0.3 is 26.4 Å². The van der Waals surface area contributed by atoms with E-state index in [1.54, 1.807) is 6.07 Å². The summed E-state index contributed by atoms with van der Waals surface area (Å²) >= 11 is 0. The van der Waals surface area contributed by atoms with Crippen LogP contribution in [0.3, 0.4) is 0 Å². The number of aliphatic hydroxyl groups excluding tert-OH is 1. The van der Waals surface area contributed by atoms with Crippen molar-refractivity contribution in [1.82, 2.24) is 15.1 Å². The van der Waals surface area contributed by atoms with Crippen LogP contribution >= 0.6 is 0 Å². The second-order valence-corrected chi connectivity index (χ2v) is 6.82. The highest BCUT2D eigenvalue weighted by Gasteiger charge is 2.21. The molecule has 0 bridgehead atoms. The molecule has 0 atom stereocenters. The fraction of sp³-hybridized carbons (Fsp3) is 0.300. The van der Waals surface area contributed by atoms with Crippen molar-refractivity contribution in [1.29, 1.82) is 0 Å². The topological polar surface area (TPSA) is 149 Å². The Bertz CT molecular complexity index is 1310. The molecular weight excluding hydrogens is 374 g/mol. The number of fused-ring (bicyclic) bond motifs is 2. The van der Waals surface area contributed by atoms with E-state index in [1.165, 1.54) is 12.1 Å². The number of rotatable bonds is 7. The minimum Gasteiger partial charge on any atom is -0.507 e. The number of benzene rings is 3. The van der Waals surface area contributed by atoms with Crippen LogP contribution in [0.1, 0.15) is 0 Å². The smallest absolute Gasteiger partial charge is 0.189 e. The number of phenolic OH excluding ortho intramolecular Hbond substituents is 2. The molecule has 0 aliphatic carbocycles. The molecule has 0 amide bonds. The van der Waals surface area contributed by atoms with Gasteiger partial charge in [0, 0.05) is 25.0 Å². The van der Waals surface area contributed by atoms with Gasteiger partial charge in [0.05, 0.1) is 52.2 Å². The van der Waals surface area contributed by atoms with E-state index in [9.17, 15) is 15.0 Å². The van der Waals surface area contributed by atoms with Gasteiger partial charge in [-0.05, 0) is 24.3 Å². The van der Waals surface area contributed by atoms with Crippen LogP contribution < -0.4 is 21.8 Å². The lowest BCUT2D eigenvalue weighted by Gasteiger charge is -2.08. The first-order valence-corrected chi connectivity index (χ1v) is 9.46. The third kappa shape index (κ3) is 3.09. The molecule has 1 heterocycles. The fourth-order valence-corrected chi connectivity index (χ4v) is 3.80. The fourth-order valence-electron chi connectivity index (χ4n) is 3.80. The average molecular weight is 397 g/mol. The number of nitrogens with zero attached hydrogens (tertiary/aromatic N) is 2. The van der Waals surface area contributed by atoms with Gasteiger partial charge in [-0.1, -0.05) is 0 Å². The van der Waals surface area contributed by atoms with Gasteiger partial charge >= 0.3 is 0 Å². The number of aromatic amines is 1. The van der Waals surface area contributed by atoms with Crippen molar-refractivity contribution < 1.29 is 15.3 Å². The first-order chi connectivity index (χ1) is 14.1. The number of phenols is 2. The van der Waals surface area contributed by atoms with Crippen LogP contribution in [-0.4, -0.2) is 57.9 Å². The van der Waals surface area contributed by atoms with E-state index in [4.69, 9.17) is 10.8 Å². The number of aliphatic hydroxyl groups is 1. The highest BCUT2D eigenvalue weighted by Crippen LogP contribution is 2.41. The molecule has 29 heavy (non-hydrogen) atoms. The van der Waals surface area contributed by atoms with Crippen molar-refractivity contribution in [3.05, 3.63) is 39.8 Å². The van der Waals surface area contributed by atoms with E-state index in [1.807, 2.05) is 10.7 Å². The van der Waals surface area contributed by atoms with Crippen molar-refractivity contribution >= 4 is 32.6 Å². The zero-order chi connectivity index (χ0) is 20.5. The van der Waals surface area contributed by atoms with Gasteiger partial charge in [0.15, 0.2) is 5.43 Å². The Kier molecular flexibility index (Phi) is 5.10. The molecule has 4 rings (SSSR count). The van der Waals surface area contributed by atoms with E-state index in [2.05, 4.69) is 15.4 Å². The molecule has 0 saturated heterocycles. The summed E-state index contributed by atoms with van der Waals surface area (Å²) in [6.45, 7) is 2.43. The lowest BCUT2D eigenvalue weighted by molar-refractivity contribution is 0.291. The van der Waals surface area contributed by atoms with Crippen molar-refractivity contribution in [2.45, 2.75) is 6.54 Å². The molecule has 9 nitrogen and oxygen atoms in total. The molecule has 0 unspecified atom stereocenters. The SMILES string of the molecule is NCCN=c1ccc2c3c1c(O)c1c(O)ccc(=O)c1c3[nH]n2CCNCCO. The number of nitrogens with two attached hydrogens (primary N) is 1. The molecule has 0 fully saturated rings. The summed E-state index contributed by atoms with van der Waals surface area (Å²) in [6, 6.07) is 6.25. The van der Waals surface area contributed by atoms with E-state index in [-0.39, 0.29) is 34.3 Å². The third-order valence-corrected chi connectivity index (χ3v) is 5.03. The molecule has 4 aromatic rings. The summed E-state index contributed by atoms with van der Waals surface area (Å²) < 4.78 is 1.87. The summed E-state index contributed by atoms with van der Waals surface area (Å²) in [7, 11) is 0. The Morgan fingerprint density at radius 3 is 2.66 bits per heavy atom. The van der Waals surface area contributed by atoms with E-state index < -0.39 is 0 Å². The molecule has 0 aliphatic rings. The van der Waals surface area contributed by atoms with E-state index in [0.29, 0.717) is 54.4 Å². The molecule has 152 valence electrons. The predicted molar refractivity (Wildman–Crippen MR) is 112 cm³/mol. The molecule has 1 aromatic heterocycles. The van der Waals surface area contributed by atoms with Crippen molar-refractivity contribution in [2.75, 3.05) is 32.8 Å².